The molecule has 1 aliphatic rings. The Morgan fingerprint density at radius 1 is 1.12 bits per heavy atom. The van der Waals surface area contributed by atoms with Gasteiger partial charge in [0.2, 0.25) is 21.8 Å². The third-order valence-electron chi connectivity index (χ3n) is 4.35. The predicted molar refractivity (Wildman–Crippen MR) is 96.6 cm³/mol. The lowest BCUT2D eigenvalue weighted by atomic mass is 10.1. The largest absolute Gasteiger partial charge is 0.394 e. The Bertz CT molecular complexity index is 715. The number of aliphatic hydroxyl groups is 1. The van der Waals surface area contributed by atoms with Gasteiger partial charge in [-0.2, -0.15) is 4.31 Å². The van der Waals surface area contributed by atoms with E-state index in [1.165, 1.54) is 4.31 Å². The molecular weight excluding hydrogens is 358 g/mol. The number of nitrogens with one attached hydrogen (secondary N) is 1. The zero-order valence-corrected chi connectivity index (χ0v) is 15.6. The molecule has 1 aliphatic heterocycles. The van der Waals surface area contributed by atoms with E-state index in [-0.39, 0.29) is 44.4 Å². The van der Waals surface area contributed by atoms with Gasteiger partial charge in [-0.05, 0) is 5.56 Å². The molecule has 2 N–H and O–H groups in total. The number of hydrogen-bond donors (Lipinski definition) is 2. The summed E-state index contributed by atoms with van der Waals surface area (Å²) in [4.78, 5) is 25.9. The average Bonchev–Trinajstić information content (AvgIpc) is 2.64. The highest BCUT2D eigenvalue weighted by atomic mass is 32.2. The number of carbonyl (C=O) groups is 2. The molecular formula is C17H25N3O5S. The van der Waals surface area contributed by atoms with Crippen LogP contribution in [0.5, 0.6) is 0 Å². The minimum absolute atomic E-state index is 0.0223. The Balaban J connectivity index is 1.77. The van der Waals surface area contributed by atoms with E-state index in [1.807, 2.05) is 30.3 Å². The SMILES string of the molecule is CS(=O)(=O)N1CCN(C(=O)CCC(=O)N[C@H](CO)c2ccccc2)CC1. The van der Waals surface area contributed by atoms with Crippen LogP contribution in [0.4, 0.5) is 0 Å². The Labute approximate surface area is 153 Å². The Hall–Kier alpha value is -1.97. The summed E-state index contributed by atoms with van der Waals surface area (Å²) in [5.41, 5.74) is 0.798. The lowest BCUT2D eigenvalue weighted by Gasteiger charge is -2.33. The molecule has 0 aromatic heterocycles. The second-order valence-electron chi connectivity index (χ2n) is 6.26. The van der Waals surface area contributed by atoms with Gasteiger partial charge in [-0.25, -0.2) is 8.42 Å². The lowest BCUT2D eigenvalue weighted by Crippen LogP contribution is -2.50. The maximum atomic E-state index is 12.2. The number of nitrogens with zero attached hydrogens (tertiary/aromatic N) is 2. The molecule has 2 rings (SSSR count). The van der Waals surface area contributed by atoms with Crippen molar-refractivity contribution in [1.29, 1.82) is 0 Å². The summed E-state index contributed by atoms with van der Waals surface area (Å²) in [6.45, 7) is 0.986. The van der Waals surface area contributed by atoms with Gasteiger partial charge in [0.25, 0.3) is 0 Å². The normalized spacial score (nSPS) is 16.9. The van der Waals surface area contributed by atoms with Crippen LogP contribution in [0.25, 0.3) is 0 Å². The predicted octanol–water partition coefficient (Wildman–Crippen LogP) is -0.280. The molecule has 1 atom stereocenters. The molecule has 0 unspecified atom stereocenters. The van der Waals surface area contributed by atoms with Gasteiger partial charge in [0.1, 0.15) is 0 Å². The Morgan fingerprint density at radius 3 is 2.27 bits per heavy atom. The van der Waals surface area contributed by atoms with Crippen molar-refractivity contribution in [2.75, 3.05) is 39.0 Å². The molecule has 2 amide bonds. The van der Waals surface area contributed by atoms with Gasteiger partial charge in [0, 0.05) is 39.0 Å². The third-order valence-corrected chi connectivity index (χ3v) is 5.65. The van der Waals surface area contributed by atoms with Crippen LogP contribution in [0.15, 0.2) is 30.3 Å². The van der Waals surface area contributed by atoms with Crippen LogP contribution in [0, 0.1) is 0 Å². The van der Waals surface area contributed by atoms with Crippen LogP contribution in [0.1, 0.15) is 24.4 Å². The number of aliphatic hydroxyl groups excluding tert-OH is 1. The summed E-state index contributed by atoms with van der Waals surface area (Å²) in [6.07, 6.45) is 1.23. The van der Waals surface area contributed by atoms with Gasteiger partial charge in [0.15, 0.2) is 0 Å². The van der Waals surface area contributed by atoms with Crippen molar-refractivity contribution in [3.63, 3.8) is 0 Å². The van der Waals surface area contributed by atoms with E-state index in [4.69, 9.17) is 0 Å². The van der Waals surface area contributed by atoms with Crippen molar-refractivity contribution >= 4 is 21.8 Å². The summed E-state index contributed by atoms with van der Waals surface area (Å²) < 4.78 is 24.3. The van der Waals surface area contributed by atoms with E-state index in [9.17, 15) is 23.1 Å². The molecule has 1 heterocycles. The van der Waals surface area contributed by atoms with Gasteiger partial charge in [-0.3, -0.25) is 9.59 Å². The van der Waals surface area contributed by atoms with Crippen molar-refractivity contribution in [1.82, 2.24) is 14.5 Å². The van der Waals surface area contributed by atoms with Gasteiger partial charge < -0.3 is 15.3 Å². The Morgan fingerprint density at radius 2 is 1.73 bits per heavy atom. The minimum Gasteiger partial charge on any atom is -0.394 e. The second kappa shape index (κ2) is 9.11. The molecule has 1 saturated heterocycles. The first kappa shape index (κ1) is 20.3. The monoisotopic (exact) mass is 383 g/mol. The highest BCUT2D eigenvalue weighted by molar-refractivity contribution is 7.88. The van der Waals surface area contributed by atoms with Crippen molar-refractivity contribution in [2.45, 2.75) is 18.9 Å². The summed E-state index contributed by atoms with van der Waals surface area (Å²) in [5, 5.41) is 12.2. The molecule has 0 aliphatic carbocycles. The van der Waals surface area contributed by atoms with Gasteiger partial charge in [0.05, 0.1) is 18.9 Å². The molecule has 9 heteroatoms. The maximum absolute atomic E-state index is 12.2. The second-order valence-corrected chi connectivity index (χ2v) is 8.24. The van der Waals surface area contributed by atoms with E-state index < -0.39 is 16.1 Å². The number of carbonyl (C=O) groups excluding carboxylic acids is 2. The number of piperazine rings is 1. The summed E-state index contributed by atoms with van der Waals surface area (Å²) in [5.74, 6) is -0.482. The van der Waals surface area contributed by atoms with E-state index >= 15 is 0 Å². The van der Waals surface area contributed by atoms with Crippen molar-refractivity contribution in [3.8, 4) is 0 Å². The average molecular weight is 383 g/mol. The standard InChI is InChI=1S/C17H25N3O5S/c1-26(24,25)20-11-9-19(10-12-20)17(23)8-7-16(22)18-15(13-21)14-5-3-2-4-6-14/h2-6,15,21H,7-13H2,1H3,(H,18,22)/t15-/m1/s1. The highest BCUT2D eigenvalue weighted by Crippen LogP contribution is 2.12. The fourth-order valence-corrected chi connectivity index (χ4v) is 3.66. The van der Waals surface area contributed by atoms with Crippen LogP contribution in [-0.4, -0.2) is 73.6 Å². The van der Waals surface area contributed by atoms with Crippen LogP contribution in [0.3, 0.4) is 0 Å². The number of rotatable bonds is 7. The fraction of sp³-hybridized carbons (Fsp3) is 0.529. The first-order valence-corrected chi connectivity index (χ1v) is 10.3. The van der Waals surface area contributed by atoms with Crippen LogP contribution < -0.4 is 5.32 Å². The zero-order valence-electron chi connectivity index (χ0n) is 14.8. The maximum Gasteiger partial charge on any atom is 0.223 e. The number of hydrogen-bond acceptors (Lipinski definition) is 5. The minimum atomic E-state index is -3.24. The lowest BCUT2D eigenvalue weighted by molar-refractivity contribution is -0.134. The number of sulfonamides is 1. The van der Waals surface area contributed by atoms with E-state index in [0.29, 0.717) is 13.1 Å². The molecule has 0 radical (unpaired) electrons. The topological polar surface area (TPSA) is 107 Å². The summed E-state index contributed by atoms with van der Waals surface area (Å²) in [6, 6.07) is 8.62. The van der Waals surface area contributed by atoms with Crippen LogP contribution in [-0.2, 0) is 19.6 Å². The first-order chi connectivity index (χ1) is 12.3. The molecule has 8 nitrogen and oxygen atoms in total. The van der Waals surface area contributed by atoms with Crippen LogP contribution in [0.2, 0.25) is 0 Å². The van der Waals surface area contributed by atoms with Gasteiger partial charge in [-0.1, -0.05) is 30.3 Å². The fourth-order valence-electron chi connectivity index (χ4n) is 2.83. The molecule has 0 bridgehead atoms. The third kappa shape index (κ3) is 5.79. The smallest absolute Gasteiger partial charge is 0.223 e. The summed E-state index contributed by atoms with van der Waals surface area (Å²) in [7, 11) is -3.24. The first-order valence-electron chi connectivity index (χ1n) is 8.49. The molecule has 1 aromatic rings. The summed E-state index contributed by atoms with van der Waals surface area (Å²) >= 11 is 0. The number of amides is 2. The Kier molecular flexibility index (Phi) is 7.13. The molecule has 0 spiro atoms. The molecule has 144 valence electrons. The van der Waals surface area contributed by atoms with Crippen molar-refractivity contribution in [3.05, 3.63) is 35.9 Å². The van der Waals surface area contributed by atoms with Gasteiger partial charge in [-0.15, -0.1) is 0 Å². The zero-order chi connectivity index (χ0) is 19.2. The van der Waals surface area contributed by atoms with Gasteiger partial charge >= 0.3 is 0 Å². The quantitative estimate of drug-likeness (QED) is 0.673. The van der Waals surface area contributed by atoms with Crippen molar-refractivity contribution < 1.29 is 23.1 Å². The van der Waals surface area contributed by atoms with E-state index in [1.54, 1.807) is 4.90 Å². The molecule has 26 heavy (non-hydrogen) atoms. The molecule has 1 fully saturated rings. The highest BCUT2D eigenvalue weighted by Gasteiger charge is 2.26. The van der Waals surface area contributed by atoms with E-state index in [2.05, 4.69) is 5.32 Å². The molecule has 0 saturated carbocycles. The number of benzene rings is 1. The van der Waals surface area contributed by atoms with Crippen molar-refractivity contribution in [2.24, 2.45) is 0 Å². The van der Waals surface area contributed by atoms with Crippen LogP contribution >= 0.6 is 0 Å². The van der Waals surface area contributed by atoms with E-state index in [0.717, 1.165) is 11.8 Å². The molecule has 1 aromatic carbocycles.